The molecule has 1 saturated heterocycles. The lowest BCUT2D eigenvalue weighted by molar-refractivity contribution is -0.139. The van der Waals surface area contributed by atoms with Crippen molar-refractivity contribution in [1.82, 2.24) is 4.90 Å². The number of ketones is 1. The molecular weight excluding hydrogens is 374 g/mol. The number of aliphatic hydroxyl groups is 1. The van der Waals surface area contributed by atoms with E-state index >= 15 is 0 Å². The number of Topliss-reactive ketones (excluding diaryl/α,β-unsaturated/α-hetero) is 1. The van der Waals surface area contributed by atoms with Crippen LogP contribution in [0.15, 0.2) is 41.3 Å². The van der Waals surface area contributed by atoms with Gasteiger partial charge in [0, 0.05) is 23.4 Å². The minimum absolute atomic E-state index is 0.0955. The van der Waals surface area contributed by atoms with Crippen molar-refractivity contribution in [2.45, 2.75) is 45.3 Å². The Morgan fingerprint density at radius 3 is 2.86 bits per heavy atom. The number of hydrogen-bond donors (Lipinski definition) is 1. The van der Waals surface area contributed by atoms with Crippen LogP contribution >= 0.6 is 11.3 Å². The third-order valence-electron chi connectivity index (χ3n) is 5.27. The highest BCUT2D eigenvalue weighted by atomic mass is 32.1. The molecule has 0 radical (unpaired) electrons. The van der Waals surface area contributed by atoms with Crippen LogP contribution in [0.2, 0.25) is 0 Å². The van der Waals surface area contributed by atoms with Gasteiger partial charge in [0.15, 0.2) is 0 Å². The van der Waals surface area contributed by atoms with Gasteiger partial charge in [0.05, 0.1) is 11.6 Å². The predicted molar refractivity (Wildman–Crippen MR) is 108 cm³/mol. The molecule has 5 nitrogen and oxygen atoms in total. The average molecular weight is 397 g/mol. The Hall–Kier alpha value is -2.60. The van der Waals surface area contributed by atoms with E-state index in [2.05, 4.69) is 0 Å². The third-order valence-corrected chi connectivity index (χ3v) is 6.20. The number of unbranched alkanes of at least 4 members (excludes halogenated alkanes) is 1. The Labute approximate surface area is 168 Å². The van der Waals surface area contributed by atoms with Crippen molar-refractivity contribution in [3.8, 4) is 5.75 Å². The monoisotopic (exact) mass is 397 g/mol. The molecule has 0 saturated carbocycles. The van der Waals surface area contributed by atoms with Gasteiger partial charge >= 0.3 is 0 Å². The van der Waals surface area contributed by atoms with Crippen LogP contribution in [0.4, 0.5) is 0 Å². The molecule has 0 bridgehead atoms. The number of hydrogen-bond acceptors (Lipinski definition) is 5. The van der Waals surface area contributed by atoms with Gasteiger partial charge in [-0.05, 0) is 48.6 Å². The van der Waals surface area contributed by atoms with Crippen LogP contribution in [0.5, 0.6) is 5.75 Å². The molecule has 1 N–H and O–H groups in total. The summed E-state index contributed by atoms with van der Waals surface area (Å²) in [6.45, 7) is 4.54. The summed E-state index contributed by atoms with van der Waals surface area (Å²) in [4.78, 5) is 28.0. The Bertz CT molecular complexity index is 947. The lowest BCUT2D eigenvalue weighted by Gasteiger charge is -2.23. The fourth-order valence-corrected chi connectivity index (χ4v) is 4.75. The SMILES string of the molecule is CCCCN1C(=O)C(=O)/C(=C(\O)c2ccc3c(c2)CC(C)O3)C1c1cccs1. The maximum Gasteiger partial charge on any atom is 0.295 e. The van der Waals surface area contributed by atoms with Crippen LogP contribution < -0.4 is 4.74 Å². The summed E-state index contributed by atoms with van der Waals surface area (Å²) in [6, 6.07) is 8.70. The number of ether oxygens (including phenoxy) is 1. The number of carbonyl (C=O) groups excluding carboxylic acids is 2. The normalized spacial score (nSPS) is 23.1. The number of fused-ring (bicyclic) bond motifs is 1. The smallest absolute Gasteiger partial charge is 0.295 e. The molecular formula is C22H23NO4S. The molecule has 28 heavy (non-hydrogen) atoms. The van der Waals surface area contributed by atoms with Gasteiger partial charge in [0.2, 0.25) is 0 Å². The van der Waals surface area contributed by atoms with E-state index in [-0.39, 0.29) is 17.4 Å². The number of nitrogens with zero attached hydrogens (tertiary/aromatic N) is 1. The lowest BCUT2D eigenvalue weighted by atomic mass is 9.98. The molecule has 0 spiro atoms. The van der Waals surface area contributed by atoms with Gasteiger partial charge in [0.25, 0.3) is 11.7 Å². The average Bonchev–Trinajstić information content (AvgIpc) is 3.38. The number of benzene rings is 1. The summed E-state index contributed by atoms with van der Waals surface area (Å²) in [7, 11) is 0. The molecule has 0 aliphatic carbocycles. The van der Waals surface area contributed by atoms with Crippen molar-refractivity contribution in [2.75, 3.05) is 6.54 Å². The Kier molecular flexibility index (Phi) is 4.98. The highest BCUT2D eigenvalue weighted by molar-refractivity contribution is 7.10. The Morgan fingerprint density at radius 1 is 1.32 bits per heavy atom. The largest absolute Gasteiger partial charge is 0.507 e. The van der Waals surface area contributed by atoms with Crippen LogP contribution in [-0.4, -0.2) is 34.3 Å². The van der Waals surface area contributed by atoms with Crippen LogP contribution in [0, 0.1) is 0 Å². The number of carbonyl (C=O) groups is 2. The minimum Gasteiger partial charge on any atom is -0.507 e. The van der Waals surface area contributed by atoms with E-state index in [4.69, 9.17) is 4.74 Å². The molecule has 1 amide bonds. The van der Waals surface area contributed by atoms with Crippen LogP contribution in [-0.2, 0) is 16.0 Å². The van der Waals surface area contributed by atoms with Crippen molar-refractivity contribution in [1.29, 1.82) is 0 Å². The molecule has 1 aromatic heterocycles. The molecule has 2 atom stereocenters. The van der Waals surface area contributed by atoms with Gasteiger partial charge in [-0.15, -0.1) is 11.3 Å². The predicted octanol–water partition coefficient (Wildman–Crippen LogP) is 4.29. The lowest BCUT2D eigenvalue weighted by Crippen LogP contribution is -2.30. The summed E-state index contributed by atoms with van der Waals surface area (Å²) in [5.74, 6) is -0.455. The number of thiophene rings is 1. The van der Waals surface area contributed by atoms with E-state index in [1.54, 1.807) is 11.0 Å². The van der Waals surface area contributed by atoms with Crippen molar-refractivity contribution in [2.24, 2.45) is 0 Å². The molecule has 2 aromatic rings. The molecule has 6 heteroatoms. The highest BCUT2D eigenvalue weighted by Gasteiger charge is 2.46. The van der Waals surface area contributed by atoms with Crippen LogP contribution in [0.25, 0.3) is 5.76 Å². The first-order valence-electron chi connectivity index (χ1n) is 9.63. The zero-order valence-corrected chi connectivity index (χ0v) is 16.8. The van der Waals surface area contributed by atoms with E-state index < -0.39 is 17.7 Å². The van der Waals surface area contributed by atoms with E-state index in [0.717, 1.165) is 35.5 Å². The number of likely N-dealkylation sites (tertiary alicyclic amines) is 1. The number of amides is 1. The topological polar surface area (TPSA) is 66.8 Å². The second-order valence-electron chi connectivity index (χ2n) is 7.32. The van der Waals surface area contributed by atoms with Gasteiger partial charge in [-0.3, -0.25) is 9.59 Å². The standard InChI is InChI=1S/C22H23NO4S/c1-3-4-9-23-19(17-6-5-10-28-17)18(21(25)22(23)26)20(24)14-7-8-16-15(12-14)11-13(2)27-16/h5-8,10,12-13,19,24H,3-4,9,11H2,1-2H3/b20-18-. The molecule has 2 aliphatic heterocycles. The first kappa shape index (κ1) is 18.7. The second kappa shape index (κ2) is 7.43. The van der Waals surface area contributed by atoms with Gasteiger partial charge in [-0.2, -0.15) is 0 Å². The molecule has 3 heterocycles. The van der Waals surface area contributed by atoms with E-state index in [9.17, 15) is 14.7 Å². The zero-order chi connectivity index (χ0) is 19.8. The molecule has 2 aliphatic rings. The van der Waals surface area contributed by atoms with Crippen molar-refractivity contribution in [3.63, 3.8) is 0 Å². The zero-order valence-electron chi connectivity index (χ0n) is 16.0. The quantitative estimate of drug-likeness (QED) is 0.464. The summed E-state index contributed by atoms with van der Waals surface area (Å²) in [5.41, 5.74) is 1.73. The maximum absolute atomic E-state index is 12.9. The van der Waals surface area contributed by atoms with Crippen molar-refractivity contribution < 1.29 is 19.4 Å². The fourth-order valence-electron chi connectivity index (χ4n) is 3.91. The minimum atomic E-state index is -0.614. The van der Waals surface area contributed by atoms with Crippen LogP contribution in [0.3, 0.4) is 0 Å². The number of rotatable bonds is 5. The second-order valence-corrected chi connectivity index (χ2v) is 8.30. The third kappa shape index (κ3) is 3.11. The van der Waals surface area contributed by atoms with E-state index in [1.165, 1.54) is 11.3 Å². The van der Waals surface area contributed by atoms with Crippen molar-refractivity contribution >= 4 is 28.8 Å². The first-order valence-corrected chi connectivity index (χ1v) is 10.5. The van der Waals surface area contributed by atoms with Gasteiger partial charge < -0.3 is 14.7 Å². The summed E-state index contributed by atoms with van der Waals surface area (Å²) >= 11 is 1.49. The highest BCUT2D eigenvalue weighted by Crippen LogP contribution is 2.42. The van der Waals surface area contributed by atoms with E-state index in [1.807, 2.05) is 43.5 Å². The molecule has 4 rings (SSSR count). The summed E-state index contributed by atoms with van der Waals surface area (Å²) in [6.07, 6.45) is 2.58. The fraction of sp³-hybridized carbons (Fsp3) is 0.364. The van der Waals surface area contributed by atoms with Gasteiger partial charge in [-0.25, -0.2) is 0 Å². The molecule has 2 unspecified atom stereocenters. The van der Waals surface area contributed by atoms with Gasteiger partial charge in [-0.1, -0.05) is 19.4 Å². The Balaban J connectivity index is 1.80. The molecule has 1 fully saturated rings. The molecule has 146 valence electrons. The maximum atomic E-state index is 12.9. The first-order chi connectivity index (χ1) is 13.5. The summed E-state index contributed by atoms with van der Waals surface area (Å²) < 4.78 is 5.72. The molecule has 1 aromatic carbocycles. The van der Waals surface area contributed by atoms with Gasteiger partial charge in [0.1, 0.15) is 17.6 Å². The Morgan fingerprint density at radius 2 is 2.14 bits per heavy atom. The summed E-state index contributed by atoms with van der Waals surface area (Å²) in [5, 5.41) is 13.0. The van der Waals surface area contributed by atoms with Crippen molar-refractivity contribution in [3.05, 3.63) is 57.3 Å². The van der Waals surface area contributed by atoms with Crippen LogP contribution in [0.1, 0.15) is 48.7 Å². The number of aliphatic hydroxyl groups excluding tert-OH is 1. The van der Waals surface area contributed by atoms with E-state index in [0.29, 0.717) is 12.1 Å².